The minimum absolute atomic E-state index is 0.295. The number of methoxy groups -OCH3 is 1. The van der Waals surface area contributed by atoms with Crippen molar-refractivity contribution in [2.24, 2.45) is 0 Å². The summed E-state index contributed by atoms with van der Waals surface area (Å²) in [6.45, 7) is 9.60. The van der Waals surface area contributed by atoms with Crippen LogP contribution in [0, 0.1) is 0 Å². The Kier molecular flexibility index (Phi) is 11.3. The van der Waals surface area contributed by atoms with Gasteiger partial charge in [-0.1, -0.05) is 13.8 Å². The summed E-state index contributed by atoms with van der Waals surface area (Å²) >= 11 is 3.35. The van der Waals surface area contributed by atoms with Crippen molar-refractivity contribution in [3.05, 3.63) is 69.2 Å². The third kappa shape index (κ3) is 8.35. The zero-order valence-corrected chi connectivity index (χ0v) is 28.2. The summed E-state index contributed by atoms with van der Waals surface area (Å²) in [6.07, 6.45) is 13.3. The van der Waals surface area contributed by atoms with E-state index < -0.39 is 5.97 Å². The third-order valence-corrected chi connectivity index (χ3v) is 10.2. The van der Waals surface area contributed by atoms with Crippen molar-refractivity contribution in [3.63, 3.8) is 0 Å². The Morgan fingerprint density at radius 3 is 1.62 bits per heavy atom. The SMILES string of the molecule is CCc1cc(C(=O)O)n(Cc2csc(N3CCCCC3)n2)c1.CCc1cc(C(=O)OC)n(Cc2csc(N3CCCCC3)n2)c1. The van der Waals surface area contributed by atoms with Gasteiger partial charge in [-0.2, -0.15) is 0 Å². The molecule has 0 atom stereocenters. The van der Waals surface area contributed by atoms with E-state index in [4.69, 9.17) is 14.7 Å². The number of piperidine rings is 2. The van der Waals surface area contributed by atoms with E-state index in [0.29, 0.717) is 24.5 Å². The van der Waals surface area contributed by atoms with Crippen molar-refractivity contribution < 1.29 is 19.4 Å². The number of aromatic nitrogens is 4. The molecule has 0 radical (unpaired) electrons. The molecule has 0 aliphatic carbocycles. The highest BCUT2D eigenvalue weighted by atomic mass is 32.1. The minimum atomic E-state index is -0.883. The van der Waals surface area contributed by atoms with Gasteiger partial charge in [0.2, 0.25) is 0 Å². The number of ether oxygens (including phenoxy) is 1. The van der Waals surface area contributed by atoms with E-state index in [2.05, 4.69) is 22.1 Å². The van der Waals surface area contributed by atoms with Gasteiger partial charge < -0.3 is 28.8 Å². The fraction of sp³-hybridized carbons (Fsp3) is 0.515. The van der Waals surface area contributed by atoms with E-state index in [0.717, 1.165) is 71.8 Å². The monoisotopic (exact) mass is 652 g/mol. The maximum Gasteiger partial charge on any atom is 0.354 e. The molecule has 4 aromatic rings. The van der Waals surface area contributed by atoms with Crippen molar-refractivity contribution in [2.75, 3.05) is 43.1 Å². The Morgan fingerprint density at radius 2 is 1.20 bits per heavy atom. The second-order valence-electron chi connectivity index (χ2n) is 11.6. The number of aromatic carboxylic acids is 1. The van der Waals surface area contributed by atoms with E-state index in [-0.39, 0.29) is 5.97 Å². The molecule has 45 heavy (non-hydrogen) atoms. The van der Waals surface area contributed by atoms with Gasteiger partial charge in [-0.3, -0.25) is 0 Å². The Bertz CT molecular complexity index is 1560. The molecule has 6 heterocycles. The summed E-state index contributed by atoms with van der Waals surface area (Å²) in [7, 11) is 1.42. The van der Waals surface area contributed by atoms with Crippen LogP contribution in [0.1, 0.15) is 95.9 Å². The fourth-order valence-corrected chi connectivity index (χ4v) is 7.53. The Labute approximate surface area is 273 Å². The van der Waals surface area contributed by atoms with Gasteiger partial charge >= 0.3 is 11.9 Å². The molecule has 2 saturated heterocycles. The number of rotatable bonds is 10. The van der Waals surface area contributed by atoms with Crippen LogP contribution in [-0.2, 0) is 30.7 Å². The number of hydrogen-bond acceptors (Lipinski definition) is 9. The van der Waals surface area contributed by atoms with Gasteiger partial charge in [0.1, 0.15) is 11.4 Å². The van der Waals surface area contributed by atoms with Gasteiger partial charge in [0.25, 0.3) is 0 Å². The molecule has 10 nitrogen and oxygen atoms in total. The predicted molar refractivity (Wildman–Crippen MR) is 180 cm³/mol. The molecule has 1 N–H and O–H groups in total. The molecule has 0 amide bonds. The molecule has 2 aliphatic rings. The number of anilines is 2. The molecule has 0 saturated carbocycles. The summed E-state index contributed by atoms with van der Waals surface area (Å²) in [5.41, 5.74) is 5.05. The molecule has 0 spiro atoms. The summed E-state index contributed by atoms with van der Waals surface area (Å²) < 4.78 is 8.62. The molecule has 2 aliphatic heterocycles. The van der Waals surface area contributed by atoms with Crippen molar-refractivity contribution in [1.29, 1.82) is 0 Å². The lowest BCUT2D eigenvalue weighted by atomic mass is 10.1. The lowest BCUT2D eigenvalue weighted by molar-refractivity contribution is 0.0588. The number of carboxylic acids is 1. The Hall–Kier alpha value is -3.64. The molecule has 12 heteroatoms. The zero-order chi connectivity index (χ0) is 31.8. The molecule has 0 unspecified atom stereocenters. The van der Waals surface area contributed by atoms with Gasteiger partial charge in [0.15, 0.2) is 10.3 Å². The number of thiazole rings is 2. The highest BCUT2D eigenvalue weighted by Crippen LogP contribution is 2.26. The molecule has 0 aromatic carbocycles. The normalized spacial score (nSPS) is 15.1. The third-order valence-electron chi connectivity index (χ3n) is 8.33. The molecule has 4 aromatic heterocycles. The first-order valence-corrected chi connectivity index (χ1v) is 17.7. The molecule has 6 rings (SSSR count). The first-order valence-electron chi connectivity index (χ1n) is 16.0. The van der Waals surface area contributed by atoms with Crippen molar-refractivity contribution >= 4 is 44.9 Å². The van der Waals surface area contributed by atoms with Crippen LogP contribution in [-0.4, -0.2) is 69.4 Å². The van der Waals surface area contributed by atoms with E-state index in [1.54, 1.807) is 33.3 Å². The minimum Gasteiger partial charge on any atom is -0.477 e. The molecule has 0 bridgehead atoms. The molecule has 242 valence electrons. The van der Waals surface area contributed by atoms with Crippen LogP contribution in [0.2, 0.25) is 0 Å². The highest BCUT2D eigenvalue weighted by molar-refractivity contribution is 7.14. The van der Waals surface area contributed by atoms with E-state index in [1.807, 2.05) is 35.3 Å². The van der Waals surface area contributed by atoms with Crippen LogP contribution in [0.4, 0.5) is 10.3 Å². The summed E-state index contributed by atoms with van der Waals surface area (Å²) in [5, 5.41) is 15.6. The van der Waals surface area contributed by atoms with Crippen LogP contribution >= 0.6 is 22.7 Å². The first kappa shape index (κ1) is 32.7. The summed E-state index contributed by atoms with van der Waals surface area (Å²) in [6, 6.07) is 3.66. The van der Waals surface area contributed by atoms with Crippen LogP contribution < -0.4 is 9.80 Å². The van der Waals surface area contributed by atoms with Crippen molar-refractivity contribution in [3.8, 4) is 0 Å². The second-order valence-corrected chi connectivity index (χ2v) is 13.2. The second kappa shape index (κ2) is 15.6. The van der Waals surface area contributed by atoms with Crippen molar-refractivity contribution in [1.82, 2.24) is 19.1 Å². The van der Waals surface area contributed by atoms with Gasteiger partial charge in [-0.25, -0.2) is 19.6 Å². The number of carbonyl (C=O) groups excluding carboxylic acids is 1. The average molecular weight is 653 g/mol. The number of carbonyl (C=O) groups is 2. The topological polar surface area (TPSA) is 106 Å². The van der Waals surface area contributed by atoms with Gasteiger partial charge in [-0.15, -0.1) is 22.7 Å². The maximum absolute atomic E-state index is 11.9. The number of carboxylic acid groups (broad SMARTS) is 1. The Morgan fingerprint density at radius 1 is 0.756 bits per heavy atom. The van der Waals surface area contributed by atoms with Crippen molar-refractivity contribution in [2.45, 2.75) is 78.3 Å². The first-order chi connectivity index (χ1) is 21.9. The van der Waals surface area contributed by atoms with Gasteiger partial charge in [-0.05, 0) is 74.6 Å². The lowest BCUT2D eigenvalue weighted by Crippen LogP contribution is -2.29. The largest absolute Gasteiger partial charge is 0.477 e. The van der Waals surface area contributed by atoms with Gasteiger partial charge in [0.05, 0.1) is 31.6 Å². The quantitative estimate of drug-likeness (QED) is 0.192. The van der Waals surface area contributed by atoms with E-state index in [1.165, 1.54) is 45.6 Å². The molecule has 2 fully saturated rings. The average Bonchev–Trinajstić information content (AvgIpc) is 3.89. The summed E-state index contributed by atoms with van der Waals surface area (Å²) in [4.78, 5) is 37.4. The van der Waals surface area contributed by atoms with E-state index in [9.17, 15) is 14.7 Å². The molecular weight excluding hydrogens is 609 g/mol. The number of nitrogens with zero attached hydrogens (tertiary/aromatic N) is 6. The lowest BCUT2D eigenvalue weighted by Gasteiger charge is -2.25. The zero-order valence-electron chi connectivity index (χ0n) is 26.5. The highest BCUT2D eigenvalue weighted by Gasteiger charge is 2.19. The van der Waals surface area contributed by atoms with Crippen LogP contribution in [0.25, 0.3) is 0 Å². The number of esters is 1. The number of aryl methyl sites for hydroxylation is 2. The Balaban J connectivity index is 0.000000178. The van der Waals surface area contributed by atoms with Crippen LogP contribution in [0.5, 0.6) is 0 Å². The van der Waals surface area contributed by atoms with Crippen LogP contribution in [0.3, 0.4) is 0 Å². The van der Waals surface area contributed by atoms with E-state index >= 15 is 0 Å². The maximum atomic E-state index is 11.9. The number of hydrogen-bond donors (Lipinski definition) is 1. The molecular formula is C33H44N6O4S2. The summed E-state index contributed by atoms with van der Waals surface area (Å²) in [5.74, 6) is -1.18. The van der Waals surface area contributed by atoms with Gasteiger partial charge in [0, 0.05) is 49.3 Å². The predicted octanol–water partition coefficient (Wildman–Crippen LogP) is 6.58. The standard InChI is InChI=1S/C17H23N3O2S.C16H21N3O2S/c1-3-13-9-15(16(21)22-2)20(10-13)11-14-12-23-17(18-14)19-7-5-4-6-8-19;1-2-12-8-14(15(20)21)19(9-12)10-13-11-22-16(17-13)18-6-4-3-5-7-18/h9-10,12H,3-8,11H2,1-2H3;8-9,11H,2-7,10H2,1H3,(H,20,21). The fourth-order valence-electron chi connectivity index (χ4n) is 5.79. The smallest absolute Gasteiger partial charge is 0.354 e. The van der Waals surface area contributed by atoms with Crippen LogP contribution in [0.15, 0.2) is 35.3 Å².